The average Bonchev–Trinajstić information content (AvgIpc) is 2.83. The molecule has 8 heteroatoms. The highest BCUT2D eigenvalue weighted by atomic mass is 35.5. The normalized spacial score (nSPS) is 11.4. The molecule has 21 heavy (non-hydrogen) atoms. The number of halogens is 4. The monoisotopic (exact) mass is 334 g/mol. The fourth-order valence-corrected chi connectivity index (χ4v) is 2.70. The van der Waals surface area contributed by atoms with Crippen LogP contribution < -0.4 is 11.1 Å². The van der Waals surface area contributed by atoms with Gasteiger partial charge in [0, 0.05) is 27.5 Å². The van der Waals surface area contributed by atoms with Gasteiger partial charge in [0.25, 0.3) is 0 Å². The van der Waals surface area contributed by atoms with E-state index < -0.39 is 17.6 Å². The maximum Gasteiger partial charge on any atom is 0.416 e. The molecule has 0 spiro atoms. The zero-order chi connectivity index (χ0) is 15.6. The van der Waals surface area contributed by atoms with Crippen LogP contribution in [0.1, 0.15) is 20.8 Å². The van der Waals surface area contributed by atoms with E-state index in [4.69, 9.17) is 17.3 Å². The molecule has 0 saturated carbocycles. The van der Waals surface area contributed by atoms with Crippen molar-refractivity contribution in [3.8, 4) is 0 Å². The molecule has 0 atom stereocenters. The predicted molar refractivity (Wildman–Crippen MR) is 76.6 cm³/mol. The Morgan fingerprint density at radius 3 is 2.57 bits per heavy atom. The molecule has 0 bridgehead atoms. The van der Waals surface area contributed by atoms with Crippen molar-refractivity contribution in [2.75, 3.05) is 5.32 Å². The van der Waals surface area contributed by atoms with Crippen LogP contribution >= 0.6 is 22.9 Å². The minimum atomic E-state index is -4.45. The highest BCUT2D eigenvalue weighted by Gasteiger charge is 2.31. The van der Waals surface area contributed by atoms with E-state index in [1.54, 1.807) is 11.4 Å². The standard InChI is InChI=1S/C13H10ClF3N2OS/c14-9-2-8(13(15,16)17)3-10(4-9)19-5-11-1-7(6-21-11)12(18)20/h1-4,6,19H,5H2,(H2,18,20). The minimum Gasteiger partial charge on any atom is -0.380 e. The molecule has 3 nitrogen and oxygen atoms in total. The van der Waals surface area contributed by atoms with E-state index in [9.17, 15) is 18.0 Å². The highest BCUT2D eigenvalue weighted by Crippen LogP contribution is 2.33. The Hall–Kier alpha value is -1.73. The first kappa shape index (κ1) is 15.7. The van der Waals surface area contributed by atoms with Gasteiger partial charge in [-0.15, -0.1) is 11.3 Å². The van der Waals surface area contributed by atoms with Crippen molar-refractivity contribution in [2.45, 2.75) is 12.7 Å². The Morgan fingerprint density at radius 1 is 1.29 bits per heavy atom. The SMILES string of the molecule is NC(=O)c1csc(CNc2cc(Cl)cc(C(F)(F)F)c2)c1. The molecule has 0 fully saturated rings. The number of benzene rings is 1. The summed E-state index contributed by atoms with van der Waals surface area (Å²) in [5.41, 5.74) is 4.94. The third-order valence-electron chi connectivity index (χ3n) is 2.63. The van der Waals surface area contributed by atoms with Gasteiger partial charge in [0.05, 0.1) is 11.1 Å². The molecule has 112 valence electrons. The van der Waals surface area contributed by atoms with Gasteiger partial charge in [-0.3, -0.25) is 4.79 Å². The van der Waals surface area contributed by atoms with E-state index in [1.807, 2.05) is 0 Å². The van der Waals surface area contributed by atoms with Crippen LogP contribution in [0, 0.1) is 0 Å². The van der Waals surface area contributed by atoms with E-state index in [2.05, 4.69) is 5.32 Å². The van der Waals surface area contributed by atoms with Crippen molar-refractivity contribution in [3.05, 3.63) is 50.7 Å². The third-order valence-corrected chi connectivity index (χ3v) is 3.79. The molecule has 0 aliphatic heterocycles. The first-order valence-corrected chi connectivity index (χ1v) is 7.00. The number of nitrogens with one attached hydrogen (secondary N) is 1. The maximum absolute atomic E-state index is 12.7. The molecule has 1 aromatic carbocycles. The molecule has 0 radical (unpaired) electrons. The Balaban J connectivity index is 2.12. The van der Waals surface area contributed by atoms with Crippen LogP contribution in [0.4, 0.5) is 18.9 Å². The zero-order valence-electron chi connectivity index (χ0n) is 10.5. The Kier molecular flexibility index (Phi) is 4.43. The number of carbonyl (C=O) groups is 1. The lowest BCUT2D eigenvalue weighted by atomic mass is 10.2. The lowest BCUT2D eigenvalue weighted by molar-refractivity contribution is -0.137. The smallest absolute Gasteiger partial charge is 0.380 e. The van der Waals surface area contributed by atoms with Crippen molar-refractivity contribution in [1.82, 2.24) is 0 Å². The maximum atomic E-state index is 12.7. The van der Waals surface area contributed by atoms with E-state index in [-0.39, 0.29) is 17.3 Å². The number of anilines is 1. The van der Waals surface area contributed by atoms with Gasteiger partial charge in [-0.25, -0.2) is 0 Å². The summed E-state index contributed by atoms with van der Waals surface area (Å²) in [5.74, 6) is -0.542. The first-order chi connectivity index (χ1) is 9.75. The van der Waals surface area contributed by atoms with E-state index >= 15 is 0 Å². The predicted octanol–water partition coefficient (Wildman–Crippen LogP) is 4.13. The van der Waals surface area contributed by atoms with Gasteiger partial charge in [-0.2, -0.15) is 13.2 Å². The number of primary amides is 1. The van der Waals surface area contributed by atoms with Gasteiger partial charge in [-0.1, -0.05) is 11.6 Å². The summed E-state index contributed by atoms with van der Waals surface area (Å²) in [6.45, 7) is 0.273. The number of alkyl halides is 3. The zero-order valence-corrected chi connectivity index (χ0v) is 12.1. The lowest BCUT2D eigenvalue weighted by Gasteiger charge is -2.11. The van der Waals surface area contributed by atoms with Crippen molar-refractivity contribution in [1.29, 1.82) is 0 Å². The number of rotatable bonds is 4. The number of hydrogen-bond donors (Lipinski definition) is 2. The molecule has 1 aromatic heterocycles. The van der Waals surface area contributed by atoms with Crippen LogP contribution in [0.2, 0.25) is 5.02 Å². The van der Waals surface area contributed by atoms with E-state index in [0.717, 1.165) is 17.0 Å². The Labute approximate surface area is 127 Å². The van der Waals surface area contributed by atoms with Gasteiger partial charge in [-0.05, 0) is 24.3 Å². The summed E-state index contributed by atoms with van der Waals surface area (Å²) < 4.78 is 38.0. The van der Waals surface area contributed by atoms with Crippen molar-refractivity contribution in [3.63, 3.8) is 0 Å². The molecular weight excluding hydrogens is 325 g/mol. The van der Waals surface area contributed by atoms with Crippen molar-refractivity contribution >= 4 is 34.5 Å². The lowest BCUT2D eigenvalue weighted by Crippen LogP contribution is -2.09. The van der Waals surface area contributed by atoms with Crippen LogP contribution in [0.3, 0.4) is 0 Å². The molecule has 1 heterocycles. The highest BCUT2D eigenvalue weighted by molar-refractivity contribution is 7.10. The van der Waals surface area contributed by atoms with Crippen LogP contribution in [-0.4, -0.2) is 5.91 Å². The second kappa shape index (κ2) is 5.95. The van der Waals surface area contributed by atoms with Gasteiger partial charge >= 0.3 is 6.18 Å². The number of thiophene rings is 1. The van der Waals surface area contributed by atoms with Gasteiger partial charge in [0.2, 0.25) is 5.91 Å². The molecule has 0 aliphatic carbocycles. The molecular formula is C13H10ClF3N2OS. The van der Waals surface area contributed by atoms with Gasteiger partial charge in [0.15, 0.2) is 0 Å². The summed E-state index contributed by atoms with van der Waals surface area (Å²) in [4.78, 5) is 11.7. The molecule has 2 rings (SSSR count). The van der Waals surface area contributed by atoms with Gasteiger partial charge < -0.3 is 11.1 Å². The second-order valence-corrected chi connectivity index (χ2v) is 5.68. The van der Waals surface area contributed by atoms with Crippen molar-refractivity contribution in [2.24, 2.45) is 5.73 Å². The fraction of sp³-hybridized carbons (Fsp3) is 0.154. The molecule has 0 aliphatic rings. The third kappa shape index (κ3) is 4.12. The summed E-state index contributed by atoms with van der Waals surface area (Å²) in [6, 6.07) is 4.84. The minimum absolute atomic E-state index is 0.00340. The van der Waals surface area contributed by atoms with E-state index in [1.165, 1.54) is 17.4 Å². The number of carbonyl (C=O) groups excluding carboxylic acids is 1. The Morgan fingerprint density at radius 2 is 2.00 bits per heavy atom. The quantitative estimate of drug-likeness (QED) is 0.883. The van der Waals surface area contributed by atoms with Crippen LogP contribution in [0.25, 0.3) is 0 Å². The summed E-state index contributed by atoms with van der Waals surface area (Å²) in [6.07, 6.45) is -4.45. The summed E-state index contributed by atoms with van der Waals surface area (Å²) in [7, 11) is 0. The summed E-state index contributed by atoms with van der Waals surface area (Å²) >= 11 is 6.98. The Bertz CT molecular complexity index is 670. The van der Waals surface area contributed by atoms with E-state index in [0.29, 0.717) is 5.56 Å². The number of amides is 1. The number of nitrogens with two attached hydrogens (primary N) is 1. The van der Waals surface area contributed by atoms with Crippen molar-refractivity contribution < 1.29 is 18.0 Å². The largest absolute Gasteiger partial charge is 0.416 e. The summed E-state index contributed by atoms with van der Waals surface area (Å²) in [5, 5.41) is 4.43. The first-order valence-electron chi connectivity index (χ1n) is 5.74. The second-order valence-electron chi connectivity index (χ2n) is 4.25. The van der Waals surface area contributed by atoms with Gasteiger partial charge in [0.1, 0.15) is 0 Å². The fourth-order valence-electron chi connectivity index (χ4n) is 1.65. The molecule has 3 N–H and O–H groups in total. The number of hydrogen-bond acceptors (Lipinski definition) is 3. The van der Waals surface area contributed by atoms with Crippen LogP contribution in [0.5, 0.6) is 0 Å². The average molecular weight is 335 g/mol. The topological polar surface area (TPSA) is 55.1 Å². The van der Waals surface area contributed by atoms with Crippen LogP contribution in [-0.2, 0) is 12.7 Å². The molecule has 0 unspecified atom stereocenters. The molecule has 1 amide bonds. The van der Waals surface area contributed by atoms with Crippen LogP contribution in [0.15, 0.2) is 29.6 Å². The molecule has 2 aromatic rings. The molecule has 0 saturated heterocycles.